The Hall–Kier alpha value is -2.23. The number of alkyl halides is 3. The van der Waals surface area contributed by atoms with Gasteiger partial charge in [-0.05, 0) is 38.5 Å². The highest BCUT2D eigenvalue weighted by atomic mass is 31.2. The average molecular weight is 432 g/mol. The van der Waals surface area contributed by atoms with Gasteiger partial charge in [-0.2, -0.15) is 13.2 Å². The second kappa shape index (κ2) is 7.89. The molecular weight excluding hydrogens is 412 g/mol. The zero-order valence-corrected chi connectivity index (χ0v) is 16.9. The van der Waals surface area contributed by atoms with Crippen LogP contribution in [0, 0.1) is 0 Å². The van der Waals surface area contributed by atoms with E-state index in [0.717, 1.165) is 12.1 Å². The highest BCUT2D eigenvalue weighted by Crippen LogP contribution is 2.62. The van der Waals surface area contributed by atoms with Gasteiger partial charge in [-0.25, -0.2) is 0 Å². The lowest BCUT2D eigenvalue weighted by molar-refractivity contribution is -0.137. The molecule has 0 aliphatic carbocycles. The lowest BCUT2D eigenvalue weighted by Gasteiger charge is -2.24. The van der Waals surface area contributed by atoms with E-state index in [2.05, 4.69) is 15.2 Å². The second-order valence-corrected chi connectivity index (χ2v) is 8.42. The Morgan fingerprint density at radius 2 is 1.83 bits per heavy atom. The Balaban J connectivity index is 2.31. The van der Waals surface area contributed by atoms with Gasteiger partial charge in [-0.1, -0.05) is 6.92 Å². The molecule has 0 spiro atoms. The standard InChI is InChI=1S/C17H20F3N4O4P/c1-4-13(29(26,27-5-2)28-6-3)14-22-23-15-16(25)21-11-9-10(17(18,19)20)7-8-12(11)24(14)15/h7-9,13H,4-6H2,1-3H3,(H,21,25). The van der Waals surface area contributed by atoms with Crippen LogP contribution in [0.25, 0.3) is 16.7 Å². The van der Waals surface area contributed by atoms with Gasteiger partial charge in [0.1, 0.15) is 5.66 Å². The molecule has 0 aliphatic heterocycles. The van der Waals surface area contributed by atoms with Crippen molar-refractivity contribution in [2.24, 2.45) is 0 Å². The number of hydrogen-bond acceptors (Lipinski definition) is 6. The summed E-state index contributed by atoms with van der Waals surface area (Å²) in [6.45, 7) is 5.33. The van der Waals surface area contributed by atoms with Gasteiger partial charge in [0, 0.05) is 0 Å². The largest absolute Gasteiger partial charge is 0.416 e. The summed E-state index contributed by atoms with van der Waals surface area (Å²) in [6.07, 6.45) is -4.28. The van der Waals surface area contributed by atoms with Gasteiger partial charge in [0.05, 0.1) is 29.8 Å². The first-order chi connectivity index (χ1) is 13.7. The molecule has 12 heteroatoms. The van der Waals surface area contributed by atoms with Crippen molar-refractivity contribution in [3.63, 3.8) is 0 Å². The Morgan fingerprint density at radius 1 is 1.17 bits per heavy atom. The van der Waals surface area contributed by atoms with Crippen molar-refractivity contribution in [3.8, 4) is 0 Å². The molecular formula is C17H20F3N4O4P. The maximum Gasteiger partial charge on any atom is 0.416 e. The number of aromatic amines is 1. The van der Waals surface area contributed by atoms with Gasteiger partial charge < -0.3 is 14.0 Å². The molecule has 0 saturated heterocycles. The van der Waals surface area contributed by atoms with Gasteiger partial charge in [0.15, 0.2) is 5.82 Å². The van der Waals surface area contributed by atoms with E-state index in [1.165, 1.54) is 10.5 Å². The van der Waals surface area contributed by atoms with Gasteiger partial charge in [0.2, 0.25) is 5.65 Å². The molecule has 0 aliphatic rings. The van der Waals surface area contributed by atoms with Gasteiger partial charge >= 0.3 is 13.8 Å². The number of hydrogen-bond donors (Lipinski definition) is 1. The molecule has 0 saturated carbocycles. The first-order valence-corrected chi connectivity index (χ1v) is 10.6. The van der Waals surface area contributed by atoms with Crippen molar-refractivity contribution >= 4 is 24.3 Å². The summed E-state index contributed by atoms with van der Waals surface area (Å²) in [6, 6.07) is 2.95. The van der Waals surface area contributed by atoms with Crippen LogP contribution in [0.4, 0.5) is 13.2 Å². The van der Waals surface area contributed by atoms with Crippen molar-refractivity contribution < 1.29 is 26.8 Å². The fourth-order valence-corrected chi connectivity index (χ4v) is 5.26. The molecule has 8 nitrogen and oxygen atoms in total. The van der Waals surface area contributed by atoms with Crippen LogP contribution < -0.4 is 5.56 Å². The van der Waals surface area contributed by atoms with Crippen molar-refractivity contribution in [1.82, 2.24) is 19.6 Å². The number of rotatable bonds is 7. The Kier molecular flexibility index (Phi) is 5.84. The molecule has 29 heavy (non-hydrogen) atoms. The van der Waals surface area contributed by atoms with Gasteiger partial charge in [0.25, 0.3) is 5.56 Å². The lowest BCUT2D eigenvalue weighted by atomic mass is 10.2. The van der Waals surface area contributed by atoms with Crippen molar-refractivity contribution in [2.45, 2.75) is 39.0 Å². The fourth-order valence-electron chi connectivity index (χ4n) is 3.21. The highest BCUT2D eigenvalue weighted by molar-refractivity contribution is 7.54. The third-order valence-electron chi connectivity index (χ3n) is 4.39. The number of nitrogens with one attached hydrogen (secondary N) is 1. The zero-order chi connectivity index (χ0) is 21.4. The summed E-state index contributed by atoms with van der Waals surface area (Å²) in [4.78, 5) is 14.8. The molecule has 3 aromatic rings. The topological polar surface area (TPSA) is 98.6 Å². The predicted octanol–water partition coefficient (Wildman–Crippen LogP) is 4.31. The summed E-state index contributed by atoms with van der Waals surface area (Å²) in [5.74, 6) is 0.128. The summed E-state index contributed by atoms with van der Waals surface area (Å²) in [7, 11) is -3.67. The number of H-pyrrole nitrogens is 1. The Labute approximate surface area is 163 Å². The fraction of sp³-hybridized carbons (Fsp3) is 0.471. The molecule has 3 rings (SSSR count). The quantitative estimate of drug-likeness (QED) is 0.559. The van der Waals surface area contributed by atoms with Crippen LogP contribution >= 0.6 is 7.60 Å². The van der Waals surface area contributed by atoms with Crippen LogP contribution in [0.15, 0.2) is 23.0 Å². The maximum absolute atomic E-state index is 13.3. The number of fused-ring (bicyclic) bond motifs is 3. The molecule has 0 radical (unpaired) electrons. The minimum absolute atomic E-state index is 0.0455. The molecule has 1 aromatic carbocycles. The number of nitrogens with zero attached hydrogens (tertiary/aromatic N) is 3. The molecule has 0 bridgehead atoms. The van der Waals surface area contributed by atoms with Crippen molar-refractivity contribution in [2.75, 3.05) is 13.2 Å². The predicted molar refractivity (Wildman–Crippen MR) is 100 cm³/mol. The number of halogens is 3. The number of benzene rings is 1. The molecule has 2 aromatic heterocycles. The van der Waals surface area contributed by atoms with Crippen molar-refractivity contribution in [3.05, 3.63) is 39.9 Å². The minimum Gasteiger partial charge on any atom is -0.317 e. The van der Waals surface area contributed by atoms with E-state index >= 15 is 0 Å². The smallest absolute Gasteiger partial charge is 0.317 e. The zero-order valence-electron chi connectivity index (χ0n) is 16.0. The van der Waals surface area contributed by atoms with E-state index in [1.54, 1.807) is 20.8 Å². The SMILES string of the molecule is CCOP(=O)(OCC)C(CC)c1nnc2c(=O)[nH]c3cc(C(F)(F)F)ccc3n12. The monoisotopic (exact) mass is 432 g/mol. The summed E-state index contributed by atoms with van der Waals surface area (Å²) in [5.41, 5.74) is -2.40. The van der Waals surface area contributed by atoms with Gasteiger partial charge in [-0.3, -0.25) is 13.8 Å². The van der Waals surface area contributed by atoms with Crippen LogP contribution in [-0.2, 0) is 19.8 Å². The van der Waals surface area contributed by atoms with Crippen molar-refractivity contribution in [1.29, 1.82) is 0 Å². The first-order valence-electron chi connectivity index (χ1n) is 9.03. The first kappa shape index (κ1) is 21.5. The molecule has 2 heterocycles. The van der Waals surface area contributed by atoms with Crippen LogP contribution in [0.1, 0.15) is 44.2 Å². The second-order valence-electron chi connectivity index (χ2n) is 6.20. The summed E-state index contributed by atoms with van der Waals surface area (Å²) in [5, 5.41) is 7.87. The number of aromatic nitrogens is 4. The van der Waals surface area contributed by atoms with E-state index in [-0.39, 0.29) is 42.1 Å². The summed E-state index contributed by atoms with van der Waals surface area (Å²) < 4.78 is 64.7. The maximum atomic E-state index is 13.3. The molecule has 1 atom stereocenters. The van der Waals surface area contributed by atoms with E-state index in [4.69, 9.17) is 9.05 Å². The van der Waals surface area contributed by atoms with Gasteiger partial charge in [-0.15, -0.1) is 10.2 Å². The van der Waals surface area contributed by atoms with E-state index in [9.17, 15) is 22.5 Å². The third kappa shape index (κ3) is 3.82. The molecule has 0 fully saturated rings. The van der Waals surface area contributed by atoms with Crippen LogP contribution in [-0.4, -0.2) is 32.8 Å². The molecule has 158 valence electrons. The summed E-state index contributed by atoms with van der Waals surface area (Å²) >= 11 is 0. The minimum atomic E-state index is -4.57. The molecule has 1 N–H and O–H groups in total. The highest BCUT2D eigenvalue weighted by Gasteiger charge is 2.39. The normalized spacial score (nSPS) is 14.0. The van der Waals surface area contributed by atoms with Crippen LogP contribution in [0.2, 0.25) is 0 Å². The van der Waals surface area contributed by atoms with Crippen LogP contribution in [0.3, 0.4) is 0 Å². The van der Waals surface area contributed by atoms with E-state index in [0.29, 0.717) is 0 Å². The average Bonchev–Trinajstić information content (AvgIpc) is 3.07. The van der Waals surface area contributed by atoms with E-state index < -0.39 is 30.6 Å². The van der Waals surface area contributed by atoms with E-state index in [1.807, 2.05) is 0 Å². The molecule has 1 unspecified atom stereocenters. The molecule has 0 amide bonds. The third-order valence-corrected chi connectivity index (χ3v) is 6.98. The Bertz CT molecular complexity index is 1130. The lowest BCUT2D eigenvalue weighted by Crippen LogP contribution is -2.15. The Morgan fingerprint density at radius 3 is 2.38 bits per heavy atom. The van der Waals surface area contributed by atoms with Crippen LogP contribution in [0.5, 0.6) is 0 Å².